The molecular weight excluding hydrogens is 198 g/mol. The summed E-state index contributed by atoms with van der Waals surface area (Å²) in [4.78, 5) is 8.63. The van der Waals surface area contributed by atoms with Crippen molar-refractivity contribution in [2.24, 2.45) is 0 Å². The average molecular weight is 209 g/mol. The van der Waals surface area contributed by atoms with Gasteiger partial charge in [0.25, 0.3) is 0 Å². The van der Waals surface area contributed by atoms with Crippen molar-refractivity contribution in [1.82, 2.24) is 14.5 Å². The number of aryl methyl sites for hydroxylation is 1. The minimum Gasteiger partial charge on any atom is -0.304 e. The highest BCUT2D eigenvalue weighted by atomic mass is 15.0. The molecule has 3 nitrogen and oxygen atoms in total. The molecule has 3 heteroatoms. The van der Waals surface area contributed by atoms with E-state index < -0.39 is 0 Å². The van der Waals surface area contributed by atoms with Gasteiger partial charge in [-0.15, -0.1) is 0 Å². The Labute approximate surface area is 93.4 Å². The topological polar surface area (TPSA) is 30.7 Å². The standard InChI is InChI=1S/C13H11N3/c1-10-8-16(9-15-10)12-6-11-4-2-3-5-13(11)14-7-12/h2-9H,1H3. The van der Waals surface area contributed by atoms with Crippen LogP contribution in [-0.2, 0) is 0 Å². The molecule has 0 bridgehead atoms. The number of pyridine rings is 1. The smallest absolute Gasteiger partial charge is 0.0995 e. The lowest BCUT2D eigenvalue weighted by atomic mass is 10.2. The van der Waals surface area contributed by atoms with Gasteiger partial charge in [-0.25, -0.2) is 4.98 Å². The highest BCUT2D eigenvalue weighted by molar-refractivity contribution is 5.80. The van der Waals surface area contributed by atoms with Crippen molar-refractivity contribution in [2.75, 3.05) is 0 Å². The minimum absolute atomic E-state index is 1.01. The number of benzene rings is 1. The summed E-state index contributed by atoms with van der Waals surface area (Å²) in [7, 11) is 0. The lowest BCUT2D eigenvalue weighted by molar-refractivity contribution is 1.05. The second-order valence-electron chi connectivity index (χ2n) is 3.81. The average Bonchev–Trinajstić information content (AvgIpc) is 2.75. The summed E-state index contributed by atoms with van der Waals surface area (Å²) in [5.41, 5.74) is 3.07. The number of para-hydroxylation sites is 1. The molecule has 0 aliphatic rings. The van der Waals surface area contributed by atoms with Crippen molar-refractivity contribution in [3.63, 3.8) is 0 Å². The third-order valence-electron chi connectivity index (χ3n) is 2.59. The predicted molar refractivity (Wildman–Crippen MR) is 63.6 cm³/mol. The van der Waals surface area contributed by atoms with Crippen molar-refractivity contribution in [3.8, 4) is 5.69 Å². The number of hydrogen-bond acceptors (Lipinski definition) is 2. The Bertz CT molecular complexity index is 640. The number of fused-ring (bicyclic) bond motifs is 1. The van der Waals surface area contributed by atoms with Crippen LogP contribution in [0.4, 0.5) is 0 Å². The van der Waals surface area contributed by atoms with E-state index >= 15 is 0 Å². The first kappa shape index (κ1) is 9.09. The van der Waals surface area contributed by atoms with Crippen LogP contribution in [0.5, 0.6) is 0 Å². The van der Waals surface area contributed by atoms with Gasteiger partial charge in [0.1, 0.15) is 0 Å². The van der Waals surface area contributed by atoms with E-state index in [0.29, 0.717) is 0 Å². The Balaban J connectivity index is 2.18. The van der Waals surface area contributed by atoms with Crippen LogP contribution in [0.15, 0.2) is 49.1 Å². The number of hydrogen-bond donors (Lipinski definition) is 0. The van der Waals surface area contributed by atoms with Crippen LogP contribution < -0.4 is 0 Å². The first-order chi connectivity index (χ1) is 7.83. The summed E-state index contributed by atoms with van der Waals surface area (Å²) in [6.07, 6.45) is 5.66. The molecule has 0 unspecified atom stereocenters. The van der Waals surface area contributed by atoms with Gasteiger partial charge >= 0.3 is 0 Å². The van der Waals surface area contributed by atoms with Crippen LogP contribution in [0.2, 0.25) is 0 Å². The van der Waals surface area contributed by atoms with Gasteiger partial charge in [0.2, 0.25) is 0 Å². The van der Waals surface area contributed by atoms with Crippen molar-refractivity contribution >= 4 is 10.9 Å². The highest BCUT2D eigenvalue weighted by Crippen LogP contribution is 2.15. The van der Waals surface area contributed by atoms with E-state index in [9.17, 15) is 0 Å². The number of nitrogens with zero attached hydrogens (tertiary/aromatic N) is 3. The fraction of sp³-hybridized carbons (Fsp3) is 0.0769. The molecule has 0 saturated heterocycles. The Hall–Kier alpha value is -2.16. The first-order valence-electron chi connectivity index (χ1n) is 5.19. The van der Waals surface area contributed by atoms with E-state index in [1.165, 1.54) is 0 Å². The minimum atomic E-state index is 1.01. The molecule has 0 N–H and O–H groups in total. The Kier molecular flexibility index (Phi) is 1.96. The SMILES string of the molecule is Cc1cn(-c2cnc3ccccc3c2)cn1. The van der Waals surface area contributed by atoms with E-state index in [2.05, 4.69) is 22.1 Å². The summed E-state index contributed by atoms with van der Waals surface area (Å²) in [5.74, 6) is 0. The van der Waals surface area contributed by atoms with Crippen LogP contribution in [0.1, 0.15) is 5.69 Å². The Morgan fingerprint density at radius 1 is 1.12 bits per heavy atom. The predicted octanol–water partition coefficient (Wildman–Crippen LogP) is 2.73. The molecule has 0 aliphatic carbocycles. The van der Waals surface area contributed by atoms with Crippen LogP contribution in [0, 0.1) is 6.92 Å². The molecule has 3 aromatic rings. The van der Waals surface area contributed by atoms with E-state index in [1.54, 1.807) is 6.33 Å². The molecule has 16 heavy (non-hydrogen) atoms. The maximum Gasteiger partial charge on any atom is 0.0995 e. The lowest BCUT2D eigenvalue weighted by Gasteiger charge is -2.03. The third kappa shape index (κ3) is 1.46. The van der Waals surface area contributed by atoms with Gasteiger partial charge in [0.15, 0.2) is 0 Å². The van der Waals surface area contributed by atoms with Crippen LogP contribution in [-0.4, -0.2) is 14.5 Å². The van der Waals surface area contributed by atoms with E-state index in [0.717, 1.165) is 22.3 Å². The lowest BCUT2D eigenvalue weighted by Crippen LogP contribution is -1.91. The highest BCUT2D eigenvalue weighted by Gasteiger charge is 2.00. The molecule has 0 fully saturated rings. The molecular formula is C13H11N3. The normalized spacial score (nSPS) is 10.8. The maximum atomic E-state index is 4.42. The second kappa shape index (κ2) is 3.45. The summed E-state index contributed by atoms with van der Waals surface area (Å²) in [6.45, 7) is 1.98. The van der Waals surface area contributed by atoms with Gasteiger partial charge < -0.3 is 4.57 Å². The van der Waals surface area contributed by atoms with Gasteiger partial charge in [-0.05, 0) is 19.1 Å². The Morgan fingerprint density at radius 2 is 2.00 bits per heavy atom. The van der Waals surface area contributed by atoms with Crippen LogP contribution >= 0.6 is 0 Å². The van der Waals surface area contributed by atoms with E-state index in [-0.39, 0.29) is 0 Å². The maximum absolute atomic E-state index is 4.42. The Morgan fingerprint density at radius 3 is 2.81 bits per heavy atom. The largest absolute Gasteiger partial charge is 0.304 e. The van der Waals surface area contributed by atoms with Gasteiger partial charge in [0.05, 0.1) is 29.4 Å². The molecule has 0 atom stereocenters. The molecule has 78 valence electrons. The van der Waals surface area contributed by atoms with Crippen LogP contribution in [0.3, 0.4) is 0 Å². The van der Waals surface area contributed by atoms with Crippen molar-refractivity contribution in [2.45, 2.75) is 6.92 Å². The van der Waals surface area contributed by atoms with Crippen molar-refractivity contribution in [1.29, 1.82) is 0 Å². The van der Waals surface area contributed by atoms with Gasteiger partial charge in [0, 0.05) is 11.6 Å². The third-order valence-corrected chi connectivity index (χ3v) is 2.59. The number of imidazole rings is 1. The monoisotopic (exact) mass is 209 g/mol. The first-order valence-corrected chi connectivity index (χ1v) is 5.19. The fourth-order valence-corrected chi connectivity index (χ4v) is 1.76. The van der Waals surface area contributed by atoms with Crippen molar-refractivity contribution < 1.29 is 0 Å². The summed E-state index contributed by atoms with van der Waals surface area (Å²) in [5, 5.41) is 1.14. The van der Waals surface area contributed by atoms with E-state index in [1.807, 2.05) is 42.1 Å². The summed E-state index contributed by atoms with van der Waals surface area (Å²) < 4.78 is 1.98. The zero-order valence-corrected chi connectivity index (χ0v) is 8.96. The molecule has 0 spiro atoms. The fourth-order valence-electron chi connectivity index (χ4n) is 1.76. The van der Waals surface area contributed by atoms with E-state index in [4.69, 9.17) is 0 Å². The zero-order valence-electron chi connectivity index (χ0n) is 8.96. The van der Waals surface area contributed by atoms with Gasteiger partial charge in [-0.2, -0.15) is 0 Å². The second-order valence-corrected chi connectivity index (χ2v) is 3.81. The van der Waals surface area contributed by atoms with Gasteiger partial charge in [-0.1, -0.05) is 18.2 Å². The van der Waals surface area contributed by atoms with Crippen LogP contribution in [0.25, 0.3) is 16.6 Å². The van der Waals surface area contributed by atoms with Gasteiger partial charge in [-0.3, -0.25) is 4.98 Å². The molecule has 0 saturated carbocycles. The molecule has 2 aromatic heterocycles. The number of rotatable bonds is 1. The number of aromatic nitrogens is 3. The molecule has 0 aliphatic heterocycles. The molecule has 3 rings (SSSR count). The summed E-state index contributed by atoms with van der Waals surface area (Å²) in [6, 6.07) is 10.2. The molecule has 0 radical (unpaired) electrons. The zero-order chi connectivity index (χ0) is 11.0. The summed E-state index contributed by atoms with van der Waals surface area (Å²) >= 11 is 0. The van der Waals surface area contributed by atoms with Crippen molar-refractivity contribution in [3.05, 3.63) is 54.7 Å². The quantitative estimate of drug-likeness (QED) is 0.617. The molecule has 0 amide bonds. The molecule has 1 aromatic carbocycles. The molecule has 2 heterocycles.